The first kappa shape index (κ1) is 12.4. The van der Waals surface area contributed by atoms with E-state index in [-0.39, 0.29) is 11.1 Å². The van der Waals surface area contributed by atoms with Crippen molar-refractivity contribution >= 4 is 45.8 Å². The summed E-state index contributed by atoms with van der Waals surface area (Å²) in [6.45, 7) is 2.01. The number of benzene rings is 1. The Balaban J connectivity index is 2.19. The van der Waals surface area contributed by atoms with E-state index in [4.69, 9.17) is 16.0 Å². The zero-order chi connectivity index (χ0) is 12.4. The van der Waals surface area contributed by atoms with Crippen LogP contribution in [0.3, 0.4) is 0 Å². The normalized spacial score (nSPS) is 10.3. The van der Waals surface area contributed by atoms with Gasteiger partial charge in [0.05, 0.1) is 11.8 Å². The molecule has 0 bridgehead atoms. The minimum atomic E-state index is -0.275. The Hall–Kier alpha value is -1.01. The van der Waals surface area contributed by atoms with E-state index >= 15 is 0 Å². The average Bonchev–Trinajstić information content (AvgIpc) is 2.70. The highest BCUT2D eigenvalue weighted by molar-refractivity contribution is 14.1. The molecule has 0 saturated heterocycles. The number of carbonyl (C=O) groups is 1. The summed E-state index contributed by atoms with van der Waals surface area (Å²) in [5.74, 6) is -0.275. The minimum absolute atomic E-state index is 0.101. The van der Waals surface area contributed by atoms with Crippen LogP contribution in [0.5, 0.6) is 0 Å². The summed E-state index contributed by atoms with van der Waals surface area (Å²) >= 11 is 7.95. The van der Waals surface area contributed by atoms with Gasteiger partial charge in [-0.15, -0.1) is 0 Å². The Morgan fingerprint density at radius 1 is 1.41 bits per heavy atom. The summed E-state index contributed by atoms with van der Waals surface area (Å²) in [5, 5.41) is 2.87. The second kappa shape index (κ2) is 5.10. The molecule has 1 aromatic carbocycles. The van der Waals surface area contributed by atoms with E-state index in [2.05, 4.69) is 27.9 Å². The Morgan fingerprint density at radius 3 is 2.76 bits per heavy atom. The molecule has 0 saturated carbocycles. The molecule has 1 heterocycles. The van der Waals surface area contributed by atoms with Gasteiger partial charge >= 0.3 is 0 Å². The molecule has 17 heavy (non-hydrogen) atoms. The molecule has 5 heteroatoms. The van der Waals surface area contributed by atoms with Crippen LogP contribution in [0.1, 0.15) is 15.9 Å². The van der Waals surface area contributed by atoms with Crippen molar-refractivity contribution in [1.29, 1.82) is 0 Å². The molecule has 1 aromatic heterocycles. The van der Waals surface area contributed by atoms with Gasteiger partial charge in [0.1, 0.15) is 0 Å². The molecule has 2 aromatic rings. The molecule has 0 radical (unpaired) electrons. The summed E-state index contributed by atoms with van der Waals surface area (Å²) < 4.78 is 5.97. The lowest BCUT2D eigenvalue weighted by Gasteiger charge is -2.05. The van der Waals surface area contributed by atoms with Crippen molar-refractivity contribution < 1.29 is 9.21 Å². The summed E-state index contributed by atoms with van der Waals surface area (Å²) in [6.07, 6.45) is 1.39. The van der Waals surface area contributed by atoms with Gasteiger partial charge in [-0.25, -0.2) is 0 Å². The molecule has 0 unspecified atom stereocenters. The van der Waals surface area contributed by atoms with Gasteiger partial charge in [0, 0.05) is 9.26 Å². The summed E-state index contributed by atoms with van der Waals surface area (Å²) in [5.41, 5.74) is 2.24. The third-order valence-electron chi connectivity index (χ3n) is 2.29. The van der Waals surface area contributed by atoms with Crippen molar-refractivity contribution in [3.8, 4) is 0 Å². The second-order valence-electron chi connectivity index (χ2n) is 3.53. The zero-order valence-electron chi connectivity index (χ0n) is 8.96. The van der Waals surface area contributed by atoms with Crippen LogP contribution in [0.4, 0.5) is 5.69 Å². The predicted octanol–water partition coefficient (Wildman–Crippen LogP) is 4.10. The molecule has 0 fully saturated rings. The van der Waals surface area contributed by atoms with Gasteiger partial charge in [0.15, 0.2) is 0 Å². The van der Waals surface area contributed by atoms with Gasteiger partial charge in [-0.3, -0.25) is 4.79 Å². The molecule has 0 atom stereocenters. The van der Waals surface area contributed by atoms with Crippen LogP contribution in [0.15, 0.2) is 34.9 Å². The lowest BCUT2D eigenvalue weighted by Crippen LogP contribution is -2.11. The topological polar surface area (TPSA) is 42.2 Å². The van der Waals surface area contributed by atoms with E-state index in [9.17, 15) is 4.79 Å². The standard InChI is InChI=1S/C12H9ClINO2/c1-7-2-3-8(6-10(7)14)15-12(16)9-4-5-17-11(9)13/h2-6H,1H3,(H,15,16). The monoisotopic (exact) mass is 361 g/mol. The highest BCUT2D eigenvalue weighted by Crippen LogP contribution is 2.20. The number of anilines is 1. The second-order valence-corrected chi connectivity index (χ2v) is 5.03. The van der Waals surface area contributed by atoms with Crippen LogP contribution in [0.25, 0.3) is 0 Å². The van der Waals surface area contributed by atoms with Crippen molar-refractivity contribution in [2.75, 3.05) is 5.32 Å². The number of hydrogen-bond donors (Lipinski definition) is 1. The molecular weight excluding hydrogens is 352 g/mol. The molecule has 2 rings (SSSR count). The van der Waals surface area contributed by atoms with Crippen molar-refractivity contribution in [2.45, 2.75) is 6.92 Å². The molecule has 0 aliphatic heterocycles. The zero-order valence-corrected chi connectivity index (χ0v) is 11.9. The van der Waals surface area contributed by atoms with Crippen LogP contribution >= 0.6 is 34.2 Å². The van der Waals surface area contributed by atoms with Gasteiger partial charge in [-0.05, 0) is 64.9 Å². The van der Waals surface area contributed by atoms with Gasteiger partial charge in [-0.2, -0.15) is 0 Å². The molecule has 0 spiro atoms. The van der Waals surface area contributed by atoms with E-state index in [1.165, 1.54) is 17.9 Å². The smallest absolute Gasteiger partial charge is 0.260 e. The maximum Gasteiger partial charge on any atom is 0.260 e. The fourth-order valence-electron chi connectivity index (χ4n) is 1.32. The minimum Gasteiger partial charge on any atom is -0.452 e. The first-order valence-electron chi connectivity index (χ1n) is 4.88. The van der Waals surface area contributed by atoms with Crippen molar-refractivity contribution in [2.24, 2.45) is 0 Å². The summed E-state index contributed by atoms with van der Waals surface area (Å²) in [7, 11) is 0. The Labute approximate surface area is 117 Å². The lowest BCUT2D eigenvalue weighted by atomic mass is 10.2. The quantitative estimate of drug-likeness (QED) is 0.818. The first-order chi connectivity index (χ1) is 8.08. The number of rotatable bonds is 2. The van der Waals surface area contributed by atoms with Gasteiger partial charge in [0.2, 0.25) is 5.22 Å². The van der Waals surface area contributed by atoms with Gasteiger partial charge < -0.3 is 9.73 Å². The number of hydrogen-bond acceptors (Lipinski definition) is 2. The van der Waals surface area contributed by atoms with Crippen LogP contribution in [-0.2, 0) is 0 Å². The maximum atomic E-state index is 11.8. The van der Waals surface area contributed by atoms with Crippen LogP contribution in [0.2, 0.25) is 5.22 Å². The molecule has 3 nitrogen and oxygen atoms in total. The lowest BCUT2D eigenvalue weighted by molar-refractivity contribution is 0.102. The van der Waals surface area contributed by atoms with Gasteiger partial charge in [-0.1, -0.05) is 6.07 Å². The van der Waals surface area contributed by atoms with Crippen LogP contribution < -0.4 is 5.32 Å². The number of aryl methyl sites for hydroxylation is 1. The molecule has 0 aliphatic rings. The average molecular weight is 362 g/mol. The Kier molecular flexibility index (Phi) is 3.73. The fraction of sp³-hybridized carbons (Fsp3) is 0.0833. The third kappa shape index (κ3) is 2.81. The highest BCUT2D eigenvalue weighted by atomic mass is 127. The molecule has 88 valence electrons. The Bertz CT molecular complexity index is 565. The highest BCUT2D eigenvalue weighted by Gasteiger charge is 2.13. The number of amides is 1. The predicted molar refractivity (Wildman–Crippen MR) is 75.6 cm³/mol. The number of carbonyl (C=O) groups excluding carboxylic acids is 1. The maximum absolute atomic E-state index is 11.8. The van der Waals surface area contributed by atoms with Gasteiger partial charge in [0.25, 0.3) is 5.91 Å². The largest absolute Gasteiger partial charge is 0.452 e. The number of nitrogens with one attached hydrogen (secondary N) is 1. The molecule has 1 amide bonds. The van der Waals surface area contributed by atoms with Crippen molar-refractivity contribution in [3.05, 3.63) is 50.4 Å². The molecule has 1 N–H and O–H groups in total. The fourth-order valence-corrected chi connectivity index (χ4v) is 2.04. The van der Waals surface area contributed by atoms with E-state index in [1.807, 2.05) is 25.1 Å². The number of furan rings is 1. The van der Waals surface area contributed by atoms with E-state index in [0.29, 0.717) is 5.56 Å². The number of halogens is 2. The SMILES string of the molecule is Cc1ccc(NC(=O)c2ccoc2Cl)cc1I. The van der Waals surface area contributed by atoms with Crippen LogP contribution in [-0.4, -0.2) is 5.91 Å². The molecular formula is C12H9ClINO2. The van der Waals surface area contributed by atoms with Crippen LogP contribution in [0, 0.1) is 10.5 Å². The summed E-state index contributed by atoms with van der Waals surface area (Å²) in [4.78, 5) is 11.8. The summed E-state index contributed by atoms with van der Waals surface area (Å²) in [6, 6.07) is 7.25. The van der Waals surface area contributed by atoms with E-state index in [1.54, 1.807) is 0 Å². The first-order valence-corrected chi connectivity index (χ1v) is 6.34. The van der Waals surface area contributed by atoms with E-state index in [0.717, 1.165) is 9.26 Å². The Morgan fingerprint density at radius 2 is 2.18 bits per heavy atom. The van der Waals surface area contributed by atoms with Crippen molar-refractivity contribution in [1.82, 2.24) is 0 Å². The third-order valence-corrected chi connectivity index (χ3v) is 3.75. The van der Waals surface area contributed by atoms with Crippen molar-refractivity contribution in [3.63, 3.8) is 0 Å². The molecule has 0 aliphatic carbocycles. The van der Waals surface area contributed by atoms with E-state index < -0.39 is 0 Å².